The van der Waals surface area contributed by atoms with E-state index in [1.807, 2.05) is 0 Å². The van der Waals surface area contributed by atoms with Crippen LogP contribution in [-0.4, -0.2) is 24.9 Å². The summed E-state index contributed by atoms with van der Waals surface area (Å²) in [6.45, 7) is 0.458. The maximum absolute atomic E-state index is 11.7. The van der Waals surface area contributed by atoms with Gasteiger partial charge in [-0.1, -0.05) is 0 Å². The first-order valence-corrected chi connectivity index (χ1v) is 5.97. The van der Waals surface area contributed by atoms with Crippen LogP contribution < -0.4 is 16.4 Å². The summed E-state index contributed by atoms with van der Waals surface area (Å²) >= 11 is 0. The van der Waals surface area contributed by atoms with Gasteiger partial charge < -0.3 is 16.4 Å². The van der Waals surface area contributed by atoms with E-state index < -0.39 is 0 Å². The standard InChI is InChI=1S/C14H17N3O2/c1-2-3-4-9-16-13(18)10-17-14(19)11-5-7-12(15)8-6-11/h1,5-8H,3-4,9-10,15H2,(H,16,18)(H,17,19). The number of nitrogens with one attached hydrogen (secondary N) is 2. The Hall–Kier alpha value is -2.48. The van der Waals surface area contributed by atoms with E-state index >= 15 is 0 Å². The minimum Gasteiger partial charge on any atom is -0.399 e. The molecule has 0 spiro atoms. The molecule has 19 heavy (non-hydrogen) atoms. The Labute approximate surface area is 112 Å². The lowest BCUT2D eigenvalue weighted by atomic mass is 10.2. The molecular weight excluding hydrogens is 242 g/mol. The van der Waals surface area contributed by atoms with Crippen LogP contribution in [0, 0.1) is 12.3 Å². The lowest BCUT2D eigenvalue weighted by Crippen LogP contribution is -2.37. The molecule has 0 aliphatic heterocycles. The number of terminal acetylenes is 1. The lowest BCUT2D eigenvalue weighted by Gasteiger charge is -2.06. The lowest BCUT2D eigenvalue weighted by molar-refractivity contribution is -0.120. The molecule has 1 aromatic carbocycles. The zero-order chi connectivity index (χ0) is 14.1. The van der Waals surface area contributed by atoms with Crippen molar-refractivity contribution in [3.8, 4) is 12.3 Å². The van der Waals surface area contributed by atoms with Crippen LogP contribution >= 0.6 is 0 Å². The minimum absolute atomic E-state index is 0.0563. The number of benzene rings is 1. The summed E-state index contributed by atoms with van der Waals surface area (Å²) in [4.78, 5) is 23.1. The number of nitrogen functional groups attached to an aromatic ring is 1. The molecule has 0 aliphatic carbocycles. The van der Waals surface area contributed by atoms with Crippen molar-refractivity contribution in [1.29, 1.82) is 0 Å². The van der Waals surface area contributed by atoms with Gasteiger partial charge in [0.2, 0.25) is 5.91 Å². The Balaban J connectivity index is 2.28. The van der Waals surface area contributed by atoms with Crippen molar-refractivity contribution in [2.24, 2.45) is 0 Å². The second-order valence-electron chi connectivity index (χ2n) is 3.96. The van der Waals surface area contributed by atoms with Crippen molar-refractivity contribution >= 4 is 17.5 Å². The van der Waals surface area contributed by atoms with E-state index in [2.05, 4.69) is 16.6 Å². The number of unbranched alkanes of at least 4 members (excludes halogenated alkanes) is 1. The summed E-state index contributed by atoms with van der Waals surface area (Å²) in [5.74, 6) is 1.94. The smallest absolute Gasteiger partial charge is 0.251 e. The molecule has 0 fully saturated rings. The fourth-order valence-electron chi connectivity index (χ4n) is 1.38. The van der Waals surface area contributed by atoms with E-state index in [1.165, 1.54) is 0 Å². The topological polar surface area (TPSA) is 84.2 Å². The first kappa shape index (κ1) is 14.6. The zero-order valence-corrected chi connectivity index (χ0v) is 10.6. The fraction of sp³-hybridized carbons (Fsp3) is 0.286. The molecule has 0 atom stereocenters. The van der Waals surface area contributed by atoms with Gasteiger partial charge in [0.05, 0.1) is 6.54 Å². The summed E-state index contributed by atoms with van der Waals surface area (Å²) in [5.41, 5.74) is 6.57. The summed E-state index contributed by atoms with van der Waals surface area (Å²) in [6.07, 6.45) is 6.44. The fourth-order valence-corrected chi connectivity index (χ4v) is 1.38. The number of carbonyl (C=O) groups excluding carboxylic acids is 2. The molecule has 5 nitrogen and oxygen atoms in total. The van der Waals surface area contributed by atoms with Gasteiger partial charge in [0.25, 0.3) is 5.91 Å². The molecule has 0 heterocycles. The third kappa shape index (κ3) is 5.59. The number of rotatable bonds is 6. The minimum atomic E-state index is -0.307. The molecule has 0 saturated carbocycles. The third-order valence-electron chi connectivity index (χ3n) is 2.40. The van der Waals surface area contributed by atoms with Crippen LogP contribution in [0.4, 0.5) is 5.69 Å². The highest BCUT2D eigenvalue weighted by atomic mass is 16.2. The van der Waals surface area contributed by atoms with Crippen LogP contribution in [0.3, 0.4) is 0 Å². The SMILES string of the molecule is C#CCCCNC(=O)CNC(=O)c1ccc(N)cc1. The summed E-state index contributed by atoms with van der Waals surface area (Å²) in [5, 5.41) is 5.19. The van der Waals surface area contributed by atoms with E-state index in [-0.39, 0.29) is 18.4 Å². The largest absolute Gasteiger partial charge is 0.399 e. The molecule has 0 saturated heterocycles. The Kier molecular flexibility index (Phi) is 5.96. The number of anilines is 1. The van der Waals surface area contributed by atoms with Gasteiger partial charge in [-0.05, 0) is 30.7 Å². The monoisotopic (exact) mass is 259 g/mol. The van der Waals surface area contributed by atoms with Crippen molar-refractivity contribution < 1.29 is 9.59 Å². The van der Waals surface area contributed by atoms with E-state index in [4.69, 9.17) is 12.2 Å². The van der Waals surface area contributed by atoms with Crippen molar-refractivity contribution in [2.75, 3.05) is 18.8 Å². The molecule has 4 N–H and O–H groups in total. The molecule has 1 aromatic rings. The second kappa shape index (κ2) is 7.77. The summed E-state index contributed by atoms with van der Waals surface area (Å²) < 4.78 is 0. The first-order chi connectivity index (χ1) is 9.13. The van der Waals surface area contributed by atoms with Gasteiger partial charge in [-0.25, -0.2) is 0 Å². The first-order valence-electron chi connectivity index (χ1n) is 5.97. The predicted octanol–water partition coefficient (Wildman–Crippen LogP) is 0.528. The van der Waals surface area contributed by atoms with E-state index in [0.29, 0.717) is 24.2 Å². The molecule has 0 aromatic heterocycles. The van der Waals surface area contributed by atoms with Crippen LogP contribution in [0.25, 0.3) is 0 Å². The highest BCUT2D eigenvalue weighted by Crippen LogP contribution is 2.04. The molecular formula is C14H17N3O2. The van der Waals surface area contributed by atoms with Crippen molar-refractivity contribution in [3.05, 3.63) is 29.8 Å². The number of hydrogen-bond donors (Lipinski definition) is 3. The molecule has 100 valence electrons. The highest BCUT2D eigenvalue weighted by molar-refractivity contribution is 5.96. The average Bonchev–Trinajstić information content (AvgIpc) is 2.42. The van der Waals surface area contributed by atoms with Gasteiger partial charge in [0, 0.05) is 24.2 Å². The summed E-state index contributed by atoms with van der Waals surface area (Å²) in [7, 11) is 0. The Bertz CT molecular complexity index is 474. The van der Waals surface area contributed by atoms with Crippen LogP contribution in [0.15, 0.2) is 24.3 Å². The number of amides is 2. The molecule has 0 unspecified atom stereocenters. The Morgan fingerprint density at radius 1 is 1.21 bits per heavy atom. The molecule has 0 aliphatic rings. The van der Waals surface area contributed by atoms with Gasteiger partial charge >= 0.3 is 0 Å². The van der Waals surface area contributed by atoms with Crippen LogP contribution in [0.2, 0.25) is 0 Å². The molecule has 5 heteroatoms. The Morgan fingerprint density at radius 2 is 1.89 bits per heavy atom. The van der Waals surface area contributed by atoms with Crippen LogP contribution in [0.1, 0.15) is 23.2 Å². The molecule has 0 bridgehead atoms. The summed E-state index contributed by atoms with van der Waals surface area (Å²) in [6, 6.07) is 6.48. The third-order valence-corrected chi connectivity index (χ3v) is 2.40. The maximum Gasteiger partial charge on any atom is 0.251 e. The zero-order valence-electron chi connectivity index (χ0n) is 10.6. The molecule has 0 radical (unpaired) electrons. The second-order valence-corrected chi connectivity index (χ2v) is 3.96. The number of nitrogens with two attached hydrogens (primary N) is 1. The van der Waals surface area contributed by atoms with Gasteiger partial charge in [-0.2, -0.15) is 0 Å². The van der Waals surface area contributed by atoms with Crippen molar-refractivity contribution in [3.63, 3.8) is 0 Å². The van der Waals surface area contributed by atoms with Crippen LogP contribution in [0.5, 0.6) is 0 Å². The van der Waals surface area contributed by atoms with Gasteiger partial charge in [0.1, 0.15) is 0 Å². The van der Waals surface area contributed by atoms with E-state index in [0.717, 1.165) is 6.42 Å². The van der Waals surface area contributed by atoms with Gasteiger partial charge in [0.15, 0.2) is 0 Å². The van der Waals surface area contributed by atoms with Crippen molar-refractivity contribution in [1.82, 2.24) is 10.6 Å². The Morgan fingerprint density at radius 3 is 2.53 bits per heavy atom. The van der Waals surface area contributed by atoms with Crippen LogP contribution in [-0.2, 0) is 4.79 Å². The van der Waals surface area contributed by atoms with E-state index in [1.54, 1.807) is 24.3 Å². The van der Waals surface area contributed by atoms with Gasteiger partial charge in [-0.3, -0.25) is 9.59 Å². The molecule has 1 rings (SSSR count). The predicted molar refractivity (Wildman–Crippen MR) is 74.3 cm³/mol. The number of hydrogen-bond acceptors (Lipinski definition) is 3. The normalized spacial score (nSPS) is 9.42. The van der Waals surface area contributed by atoms with Gasteiger partial charge in [-0.15, -0.1) is 12.3 Å². The maximum atomic E-state index is 11.7. The quantitative estimate of drug-likeness (QED) is 0.396. The highest BCUT2D eigenvalue weighted by Gasteiger charge is 2.07. The molecule has 2 amide bonds. The van der Waals surface area contributed by atoms with Crippen molar-refractivity contribution in [2.45, 2.75) is 12.8 Å². The average molecular weight is 259 g/mol. The van der Waals surface area contributed by atoms with E-state index in [9.17, 15) is 9.59 Å². The number of carbonyl (C=O) groups is 2.